The summed E-state index contributed by atoms with van der Waals surface area (Å²) in [4.78, 5) is 16.6. The number of carbonyl (C=O) groups excluding carboxylic acids is 1. The summed E-state index contributed by atoms with van der Waals surface area (Å²) in [5, 5.41) is 13.4. The minimum absolute atomic E-state index is 0.0197. The lowest BCUT2D eigenvalue weighted by atomic mass is 10.1. The monoisotopic (exact) mass is 407 g/mol. The molecule has 0 saturated carbocycles. The molecule has 1 heterocycles. The van der Waals surface area contributed by atoms with Gasteiger partial charge >= 0.3 is 0 Å². The van der Waals surface area contributed by atoms with Gasteiger partial charge in [0.05, 0.1) is 16.6 Å². The van der Waals surface area contributed by atoms with E-state index in [-0.39, 0.29) is 11.7 Å². The molecule has 0 atom stereocenters. The minimum atomic E-state index is 0.0197. The number of benzene rings is 2. The van der Waals surface area contributed by atoms with E-state index in [1.54, 1.807) is 18.2 Å². The molecule has 0 aliphatic carbocycles. The van der Waals surface area contributed by atoms with Crippen molar-refractivity contribution in [3.05, 3.63) is 58.1 Å². The number of aromatic hydroxyl groups is 1. The van der Waals surface area contributed by atoms with E-state index in [0.717, 1.165) is 37.4 Å². The Bertz CT molecular complexity index is 775. The van der Waals surface area contributed by atoms with E-state index >= 15 is 0 Å². The zero-order valence-corrected chi connectivity index (χ0v) is 16.5. The van der Waals surface area contributed by atoms with Crippen molar-refractivity contribution >= 4 is 34.8 Å². The van der Waals surface area contributed by atoms with Crippen LogP contribution in [0.2, 0.25) is 10.0 Å². The Kier molecular flexibility index (Phi) is 6.83. The number of hydrogen-bond acceptors (Lipinski definition) is 4. The van der Waals surface area contributed by atoms with Gasteiger partial charge in [0.15, 0.2) is 0 Å². The van der Waals surface area contributed by atoms with Gasteiger partial charge in [-0.2, -0.15) is 0 Å². The van der Waals surface area contributed by atoms with Crippen molar-refractivity contribution in [2.75, 3.05) is 44.2 Å². The van der Waals surface area contributed by atoms with Crippen LogP contribution in [0.1, 0.15) is 5.56 Å². The second-order valence-corrected chi connectivity index (χ2v) is 7.38. The van der Waals surface area contributed by atoms with E-state index in [0.29, 0.717) is 29.6 Å². The van der Waals surface area contributed by atoms with Gasteiger partial charge in [-0.25, -0.2) is 0 Å². The number of carbonyl (C=O) groups is 1. The van der Waals surface area contributed by atoms with Crippen molar-refractivity contribution in [1.29, 1.82) is 0 Å². The Balaban J connectivity index is 1.39. The van der Waals surface area contributed by atoms with Crippen molar-refractivity contribution in [3.63, 3.8) is 0 Å². The topological polar surface area (TPSA) is 55.8 Å². The fourth-order valence-electron chi connectivity index (χ4n) is 3.16. The molecule has 27 heavy (non-hydrogen) atoms. The van der Waals surface area contributed by atoms with Crippen molar-refractivity contribution in [3.8, 4) is 5.75 Å². The first kappa shape index (κ1) is 19.8. The number of nitrogens with one attached hydrogen (secondary N) is 1. The number of anilines is 1. The van der Waals surface area contributed by atoms with Crippen LogP contribution in [0.5, 0.6) is 5.75 Å². The molecule has 1 aliphatic rings. The Morgan fingerprint density at radius 3 is 2.44 bits per heavy atom. The first-order valence-corrected chi connectivity index (χ1v) is 9.74. The van der Waals surface area contributed by atoms with Crippen molar-refractivity contribution in [1.82, 2.24) is 10.2 Å². The van der Waals surface area contributed by atoms with Crippen molar-refractivity contribution < 1.29 is 9.90 Å². The number of halogens is 2. The first-order valence-electron chi connectivity index (χ1n) is 8.99. The fraction of sp³-hybridized carbons (Fsp3) is 0.350. The summed E-state index contributed by atoms with van der Waals surface area (Å²) < 4.78 is 0. The number of hydrogen-bond donors (Lipinski definition) is 2. The van der Waals surface area contributed by atoms with Gasteiger partial charge in [-0.15, -0.1) is 0 Å². The van der Waals surface area contributed by atoms with Gasteiger partial charge < -0.3 is 15.3 Å². The van der Waals surface area contributed by atoms with Crippen LogP contribution < -0.4 is 10.2 Å². The molecule has 0 aromatic heterocycles. The lowest BCUT2D eigenvalue weighted by Gasteiger charge is -2.35. The second kappa shape index (κ2) is 9.31. The molecule has 0 unspecified atom stereocenters. The Hall–Kier alpha value is -1.95. The third kappa shape index (κ3) is 5.51. The summed E-state index contributed by atoms with van der Waals surface area (Å²) in [6, 6.07) is 12.8. The average Bonchev–Trinajstić information content (AvgIpc) is 2.66. The smallest absolute Gasteiger partial charge is 0.234 e. The lowest BCUT2D eigenvalue weighted by molar-refractivity contribution is -0.122. The van der Waals surface area contributed by atoms with Gasteiger partial charge in [0.25, 0.3) is 0 Å². The minimum Gasteiger partial charge on any atom is -0.508 e. The lowest BCUT2D eigenvalue weighted by Crippen LogP contribution is -2.49. The molecule has 1 fully saturated rings. The maximum Gasteiger partial charge on any atom is 0.234 e. The molecule has 3 rings (SSSR count). The summed E-state index contributed by atoms with van der Waals surface area (Å²) in [7, 11) is 0. The molecule has 2 aromatic rings. The van der Waals surface area contributed by atoms with E-state index in [1.807, 2.05) is 24.3 Å². The molecule has 1 amide bonds. The molecule has 0 radical (unpaired) electrons. The molecule has 2 aromatic carbocycles. The van der Waals surface area contributed by atoms with Crippen LogP contribution >= 0.6 is 23.2 Å². The summed E-state index contributed by atoms with van der Waals surface area (Å²) in [5.41, 5.74) is 2.03. The molecule has 7 heteroatoms. The van der Waals surface area contributed by atoms with Crippen LogP contribution in [0.4, 0.5) is 5.69 Å². The highest BCUT2D eigenvalue weighted by atomic mass is 35.5. The predicted molar refractivity (Wildman–Crippen MR) is 110 cm³/mol. The van der Waals surface area contributed by atoms with Crippen LogP contribution in [0.25, 0.3) is 0 Å². The van der Waals surface area contributed by atoms with Gasteiger partial charge in [0, 0.05) is 38.4 Å². The molecule has 5 nitrogen and oxygen atoms in total. The van der Waals surface area contributed by atoms with Gasteiger partial charge in [-0.1, -0.05) is 35.3 Å². The van der Waals surface area contributed by atoms with Crippen LogP contribution in [0.15, 0.2) is 42.5 Å². The highest BCUT2D eigenvalue weighted by Gasteiger charge is 2.19. The van der Waals surface area contributed by atoms with Crippen LogP contribution in [0, 0.1) is 0 Å². The highest BCUT2D eigenvalue weighted by Crippen LogP contribution is 2.25. The van der Waals surface area contributed by atoms with E-state index in [1.165, 1.54) is 0 Å². The number of piperazine rings is 1. The van der Waals surface area contributed by atoms with Crippen LogP contribution in [0.3, 0.4) is 0 Å². The van der Waals surface area contributed by atoms with Crippen molar-refractivity contribution in [2.24, 2.45) is 0 Å². The van der Waals surface area contributed by atoms with E-state index in [2.05, 4.69) is 15.1 Å². The number of nitrogens with zero attached hydrogens (tertiary/aromatic N) is 2. The number of rotatable bonds is 6. The fourth-order valence-corrected chi connectivity index (χ4v) is 3.58. The maximum atomic E-state index is 12.2. The standard InChI is InChI=1S/C20H23Cl2N3O2/c21-18-3-1-2-15(20(18)22)8-9-23-19(27)14-24-10-12-25(13-11-24)16-4-6-17(26)7-5-16/h1-7,26H,8-14H2,(H,23,27). The number of phenolic OH excluding ortho intramolecular Hbond substituents is 1. The average molecular weight is 408 g/mol. The third-order valence-corrected chi connectivity index (χ3v) is 5.56. The van der Waals surface area contributed by atoms with E-state index < -0.39 is 0 Å². The number of amides is 1. The molecule has 0 bridgehead atoms. The van der Waals surface area contributed by atoms with Gasteiger partial charge in [-0.05, 0) is 42.3 Å². The highest BCUT2D eigenvalue weighted by molar-refractivity contribution is 6.42. The molecule has 144 valence electrons. The van der Waals surface area contributed by atoms with Gasteiger partial charge in [0.2, 0.25) is 5.91 Å². The van der Waals surface area contributed by atoms with Gasteiger partial charge in [-0.3, -0.25) is 9.69 Å². The molecule has 2 N–H and O–H groups in total. The van der Waals surface area contributed by atoms with E-state index in [4.69, 9.17) is 23.2 Å². The third-order valence-electron chi connectivity index (χ3n) is 4.70. The van der Waals surface area contributed by atoms with Crippen LogP contribution in [-0.4, -0.2) is 55.2 Å². The Labute approximate surface area is 169 Å². The Morgan fingerprint density at radius 2 is 1.74 bits per heavy atom. The normalized spacial score (nSPS) is 15.0. The summed E-state index contributed by atoms with van der Waals surface area (Å²) in [6.45, 7) is 4.30. The molecular weight excluding hydrogens is 385 g/mol. The van der Waals surface area contributed by atoms with Crippen molar-refractivity contribution in [2.45, 2.75) is 6.42 Å². The molecule has 1 saturated heterocycles. The predicted octanol–water partition coefficient (Wildman–Crippen LogP) is 3.18. The van der Waals surface area contributed by atoms with E-state index in [9.17, 15) is 9.90 Å². The zero-order valence-electron chi connectivity index (χ0n) is 15.0. The maximum absolute atomic E-state index is 12.2. The first-order chi connectivity index (χ1) is 13.0. The summed E-state index contributed by atoms with van der Waals surface area (Å²) >= 11 is 12.2. The quantitative estimate of drug-likeness (QED) is 0.771. The summed E-state index contributed by atoms with van der Waals surface area (Å²) in [6.07, 6.45) is 0.653. The SMILES string of the molecule is O=C(CN1CCN(c2ccc(O)cc2)CC1)NCCc1cccc(Cl)c1Cl. The second-order valence-electron chi connectivity index (χ2n) is 6.59. The summed E-state index contributed by atoms with van der Waals surface area (Å²) in [5.74, 6) is 0.291. The number of phenols is 1. The Morgan fingerprint density at radius 1 is 1.04 bits per heavy atom. The van der Waals surface area contributed by atoms with Gasteiger partial charge in [0.1, 0.15) is 5.75 Å². The largest absolute Gasteiger partial charge is 0.508 e. The molecular formula is C20H23Cl2N3O2. The molecule has 1 aliphatic heterocycles. The van der Waals surface area contributed by atoms with Crippen LogP contribution in [-0.2, 0) is 11.2 Å². The molecule has 0 spiro atoms. The zero-order chi connectivity index (χ0) is 19.2.